The van der Waals surface area contributed by atoms with Gasteiger partial charge in [-0.1, -0.05) is 53.2 Å². The number of aliphatic hydroxyl groups excluding tert-OH is 2. The van der Waals surface area contributed by atoms with Gasteiger partial charge in [0, 0.05) is 0 Å². The maximum atomic E-state index is 12.5. The maximum Gasteiger partial charge on any atom is 0.312 e. The van der Waals surface area contributed by atoms with E-state index in [1.54, 1.807) is 12.5 Å². The minimum Gasteiger partial charge on any atom is -0.481 e. The summed E-state index contributed by atoms with van der Waals surface area (Å²) in [5.74, 6) is 1.31. The summed E-state index contributed by atoms with van der Waals surface area (Å²) in [5.41, 5.74) is 0.672. The third kappa shape index (κ3) is 2.76. The molecule has 5 rings (SSSR count). The van der Waals surface area contributed by atoms with Crippen molar-refractivity contribution in [3.8, 4) is 0 Å². The summed E-state index contributed by atoms with van der Waals surface area (Å²) in [6.07, 6.45) is 8.83. The van der Waals surface area contributed by atoms with Crippen LogP contribution in [0.2, 0.25) is 0 Å². The van der Waals surface area contributed by atoms with Crippen molar-refractivity contribution < 1.29 is 20.1 Å². The average molecular weight is 473 g/mol. The van der Waals surface area contributed by atoms with Gasteiger partial charge in [-0.15, -0.1) is 0 Å². The zero-order valence-electron chi connectivity index (χ0n) is 22.5. The van der Waals surface area contributed by atoms with Gasteiger partial charge in [-0.25, -0.2) is 0 Å². The summed E-state index contributed by atoms with van der Waals surface area (Å²) < 4.78 is 0. The van der Waals surface area contributed by atoms with E-state index in [1.807, 2.05) is 0 Å². The highest BCUT2D eigenvalue weighted by atomic mass is 16.4. The lowest BCUT2D eigenvalue weighted by molar-refractivity contribution is -0.239. The van der Waals surface area contributed by atoms with Gasteiger partial charge in [0.1, 0.15) is 0 Å². The monoisotopic (exact) mass is 472 g/mol. The van der Waals surface area contributed by atoms with Crippen molar-refractivity contribution in [2.24, 2.45) is 56.7 Å². The van der Waals surface area contributed by atoms with Crippen molar-refractivity contribution >= 4 is 5.97 Å². The highest BCUT2D eigenvalue weighted by molar-refractivity contribution is 5.76. The Morgan fingerprint density at radius 1 is 0.941 bits per heavy atom. The van der Waals surface area contributed by atoms with Gasteiger partial charge in [0.05, 0.1) is 17.6 Å². The Labute approximate surface area is 206 Å². The van der Waals surface area contributed by atoms with Gasteiger partial charge in [0.25, 0.3) is 0 Å². The molecule has 0 saturated heterocycles. The summed E-state index contributed by atoms with van der Waals surface area (Å²) in [7, 11) is 0. The van der Waals surface area contributed by atoms with E-state index >= 15 is 0 Å². The number of aliphatic hydroxyl groups is 2. The summed E-state index contributed by atoms with van der Waals surface area (Å²) in [4.78, 5) is 12.5. The van der Waals surface area contributed by atoms with E-state index in [0.29, 0.717) is 29.6 Å². The Morgan fingerprint density at radius 2 is 1.62 bits per heavy atom. The Hall–Kier alpha value is -0.870. The third-order valence-electron chi connectivity index (χ3n) is 13.5. The standard InChI is InChI=1S/C30H48O4/c1-17-10-12-26(3)14-15-28(5)19(23(26)18(17)2)8-9-21-27(4)16-20(31)24(32)30(7,25(33)34)22(27)11-13-29(21,28)6/h8,17-18,20-24,31-32H,9-16H2,1-7H3,(H,33,34)/t17-,18+,20+,21-,22-,23+,24+,26-,27-,28-,29-,30+/m1/s1. The van der Waals surface area contributed by atoms with Gasteiger partial charge >= 0.3 is 5.97 Å². The van der Waals surface area contributed by atoms with Gasteiger partial charge < -0.3 is 15.3 Å². The predicted molar refractivity (Wildman–Crippen MR) is 134 cm³/mol. The second-order valence-electron chi connectivity index (χ2n) is 14.6. The molecule has 0 spiro atoms. The summed E-state index contributed by atoms with van der Waals surface area (Å²) >= 11 is 0. The van der Waals surface area contributed by atoms with E-state index in [2.05, 4.69) is 47.6 Å². The van der Waals surface area contributed by atoms with Crippen LogP contribution in [-0.4, -0.2) is 33.5 Å². The zero-order chi connectivity index (χ0) is 25.1. The van der Waals surface area contributed by atoms with Gasteiger partial charge in [-0.05, 0) is 110 Å². The van der Waals surface area contributed by atoms with E-state index < -0.39 is 23.6 Å². The molecular weight excluding hydrogens is 424 g/mol. The Morgan fingerprint density at radius 3 is 2.26 bits per heavy atom. The molecule has 12 atom stereocenters. The fourth-order valence-electron chi connectivity index (χ4n) is 10.9. The van der Waals surface area contributed by atoms with Crippen LogP contribution in [0.4, 0.5) is 0 Å². The highest BCUT2D eigenvalue weighted by Gasteiger charge is 2.71. The van der Waals surface area contributed by atoms with Crippen LogP contribution in [0.1, 0.15) is 99.8 Å². The van der Waals surface area contributed by atoms with Crippen LogP contribution >= 0.6 is 0 Å². The normalized spacial score (nSPS) is 59.1. The highest BCUT2D eigenvalue weighted by Crippen LogP contribution is 2.75. The largest absolute Gasteiger partial charge is 0.481 e. The molecule has 0 radical (unpaired) electrons. The first kappa shape index (κ1) is 24.8. The Balaban J connectivity index is 1.61. The molecule has 0 aliphatic heterocycles. The summed E-state index contributed by atoms with van der Waals surface area (Å²) in [5, 5.41) is 32.1. The van der Waals surface area contributed by atoms with Gasteiger partial charge in [0.15, 0.2) is 0 Å². The molecule has 0 bridgehead atoms. The van der Waals surface area contributed by atoms with Crippen LogP contribution in [0, 0.1) is 56.7 Å². The molecular formula is C30H48O4. The predicted octanol–water partition coefficient (Wildman–Crippen LogP) is 6.06. The van der Waals surface area contributed by atoms with Crippen LogP contribution < -0.4 is 0 Å². The SMILES string of the molecule is C[C@H]1[C@H](C)CC[C@]2(C)CC[C@]3(C)C(=CC[C@@H]4[C@@]5(C)C[C@H](O)[C@H](O)[C@@](C)(C(=O)O)[C@@H]5CC[C@]43C)[C@H]12. The molecule has 3 N–H and O–H groups in total. The first-order valence-electron chi connectivity index (χ1n) is 14.0. The van der Waals surface area contributed by atoms with Gasteiger partial charge in [0.2, 0.25) is 0 Å². The molecule has 4 fully saturated rings. The minimum absolute atomic E-state index is 0.0749. The quantitative estimate of drug-likeness (QED) is 0.405. The molecule has 5 aliphatic rings. The second kappa shape index (κ2) is 7.34. The topological polar surface area (TPSA) is 77.8 Å². The minimum atomic E-state index is -1.31. The van der Waals surface area contributed by atoms with Gasteiger partial charge in [-0.2, -0.15) is 0 Å². The van der Waals surface area contributed by atoms with Crippen molar-refractivity contribution in [3.05, 3.63) is 11.6 Å². The molecule has 0 unspecified atom stereocenters. The fraction of sp³-hybridized carbons (Fsp3) is 0.900. The molecule has 192 valence electrons. The zero-order valence-corrected chi connectivity index (χ0v) is 22.5. The smallest absolute Gasteiger partial charge is 0.312 e. The Bertz CT molecular complexity index is 911. The van der Waals surface area contributed by atoms with Crippen LogP contribution in [0.15, 0.2) is 11.6 Å². The lowest BCUT2D eigenvalue weighted by Gasteiger charge is -2.71. The molecule has 0 aromatic heterocycles. The summed E-state index contributed by atoms with van der Waals surface area (Å²) in [6.45, 7) is 16.4. The number of allylic oxidation sites excluding steroid dienone is 2. The van der Waals surface area contributed by atoms with Crippen molar-refractivity contribution in [2.45, 2.75) is 112 Å². The molecule has 0 heterocycles. The lowest BCUT2D eigenvalue weighted by Crippen LogP contribution is -2.68. The Kier molecular flexibility index (Phi) is 5.36. The van der Waals surface area contributed by atoms with Crippen molar-refractivity contribution in [1.82, 2.24) is 0 Å². The van der Waals surface area contributed by atoms with Crippen molar-refractivity contribution in [1.29, 1.82) is 0 Å². The van der Waals surface area contributed by atoms with Crippen LogP contribution in [-0.2, 0) is 4.79 Å². The number of carboxylic acid groups (broad SMARTS) is 1. The van der Waals surface area contributed by atoms with Crippen LogP contribution in [0.3, 0.4) is 0 Å². The number of rotatable bonds is 1. The number of carboxylic acids is 1. The number of aliphatic carboxylic acids is 1. The van der Waals surface area contributed by atoms with Crippen molar-refractivity contribution in [2.75, 3.05) is 0 Å². The maximum absolute atomic E-state index is 12.5. The molecule has 4 nitrogen and oxygen atoms in total. The van der Waals surface area contributed by atoms with Crippen LogP contribution in [0.25, 0.3) is 0 Å². The molecule has 0 aromatic carbocycles. The van der Waals surface area contributed by atoms with Crippen LogP contribution in [0.5, 0.6) is 0 Å². The average Bonchev–Trinajstić information content (AvgIpc) is 2.76. The van der Waals surface area contributed by atoms with E-state index in [9.17, 15) is 20.1 Å². The molecule has 4 heteroatoms. The van der Waals surface area contributed by atoms with E-state index in [-0.39, 0.29) is 22.2 Å². The molecule has 0 amide bonds. The third-order valence-corrected chi connectivity index (χ3v) is 13.5. The second-order valence-corrected chi connectivity index (χ2v) is 14.6. The molecule has 5 aliphatic carbocycles. The van der Waals surface area contributed by atoms with E-state index in [1.165, 1.54) is 25.7 Å². The molecule has 4 saturated carbocycles. The molecule has 0 aromatic rings. The van der Waals surface area contributed by atoms with E-state index in [4.69, 9.17) is 0 Å². The number of hydrogen-bond donors (Lipinski definition) is 3. The van der Waals surface area contributed by atoms with Gasteiger partial charge in [-0.3, -0.25) is 4.79 Å². The molecule has 34 heavy (non-hydrogen) atoms. The number of fused-ring (bicyclic) bond motifs is 7. The first-order chi connectivity index (χ1) is 15.7. The number of hydrogen-bond acceptors (Lipinski definition) is 3. The lowest BCUT2D eigenvalue weighted by atomic mass is 9.33. The first-order valence-corrected chi connectivity index (χ1v) is 14.0. The number of carbonyl (C=O) groups is 1. The summed E-state index contributed by atoms with van der Waals surface area (Å²) in [6, 6.07) is 0. The van der Waals surface area contributed by atoms with E-state index in [0.717, 1.165) is 25.2 Å². The fourth-order valence-corrected chi connectivity index (χ4v) is 10.9. The van der Waals surface area contributed by atoms with Crippen molar-refractivity contribution in [3.63, 3.8) is 0 Å².